The first-order valence-electron chi connectivity index (χ1n) is 7.99. The van der Waals surface area contributed by atoms with Crippen LogP contribution in [0.1, 0.15) is 36.8 Å². The fourth-order valence-electron chi connectivity index (χ4n) is 3.54. The van der Waals surface area contributed by atoms with Crippen molar-refractivity contribution in [2.75, 3.05) is 31.1 Å². The Morgan fingerprint density at radius 3 is 2.24 bits per heavy atom. The minimum Gasteiger partial charge on any atom is -0.301 e. The van der Waals surface area contributed by atoms with Crippen molar-refractivity contribution in [2.45, 2.75) is 38.0 Å². The first kappa shape index (κ1) is 15.0. The van der Waals surface area contributed by atoms with Crippen LogP contribution < -0.4 is 0 Å². The quantitative estimate of drug-likeness (QED) is 0.858. The minimum atomic E-state index is -2.76. The number of hydrogen-bond donors (Lipinski definition) is 0. The van der Waals surface area contributed by atoms with Crippen molar-refractivity contribution in [3.8, 4) is 0 Å². The number of nitrogens with zero attached hydrogens (tertiary/aromatic N) is 1. The van der Waals surface area contributed by atoms with Crippen molar-refractivity contribution < 1.29 is 8.42 Å². The molecule has 2 aliphatic rings. The third kappa shape index (κ3) is 3.32. The van der Waals surface area contributed by atoms with Crippen LogP contribution in [0.4, 0.5) is 0 Å². The standard InChI is InChI=1S/C17H25NO2S/c1-15-3-5-16(6-4-15)17(7-2-8-17)9-10-18-11-13-21(19,20)14-12-18/h3-6H,2,7-14H2,1H3. The van der Waals surface area contributed by atoms with E-state index in [-0.39, 0.29) is 0 Å². The Morgan fingerprint density at radius 1 is 1.10 bits per heavy atom. The molecule has 1 aliphatic carbocycles. The number of benzene rings is 1. The summed E-state index contributed by atoms with van der Waals surface area (Å²) in [6, 6.07) is 9.00. The van der Waals surface area contributed by atoms with E-state index in [1.165, 1.54) is 30.4 Å². The van der Waals surface area contributed by atoms with E-state index < -0.39 is 9.84 Å². The molecule has 0 aromatic heterocycles. The maximum atomic E-state index is 11.5. The molecule has 1 aromatic carbocycles. The number of rotatable bonds is 4. The van der Waals surface area contributed by atoms with E-state index in [9.17, 15) is 8.42 Å². The highest BCUT2D eigenvalue weighted by Gasteiger charge is 2.38. The first-order valence-corrected chi connectivity index (χ1v) is 9.81. The van der Waals surface area contributed by atoms with Gasteiger partial charge in [-0.05, 0) is 43.7 Å². The second-order valence-electron chi connectivity index (χ2n) is 6.74. The predicted molar refractivity (Wildman–Crippen MR) is 86.4 cm³/mol. The molecule has 0 bridgehead atoms. The van der Waals surface area contributed by atoms with Gasteiger partial charge in [0, 0.05) is 13.1 Å². The van der Waals surface area contributed by atoms with Crippen molar-refractivity contribution in [3.05, 3.63) is 35.4 Å². The summed E-state index contributed by atoms with van der Waals surface area (Å²) < 4.78 is 23.0. The molecule has 3 nitrogen and oxygen atoms in total. The summed E-state index contributed by atoms with van der Waals surface area (Å²) in [5.41, 5.74) is 3.14. The number of sulfone groups is 1. The second-order valence-corrected chi connectivity index (χ2v) is 9.05. The Bertz CT molecular complexity index is 574. The van der Waals surface area contributed by atoms with Crippen LogP contribution in [0, 0.1) is 6.92 Å². The molecule has 0 N–H and O–H groups in total. The molecule has 116 valence electrons. The zero-order valence-electron chi connectivity index (χ0n) is 12.8. The van der Waals surface area contributed by atoms with Crippen LogP contribution in [-0.2, 0) is 15.3 Å². The highest BCUT2D eigenvalue weighted by atomic mass is 32.2. The van der Waals surface area contributed by atoms with Gasteiger partial charge < -0.3 is 4.90 Å². The molecular formula is C17H25NO2S. The van der Waals surface area contributed by atoms with Gasteiger partial charge in [0.2, 0.25) is 0 Å². The average molecular weight is 307 g/mol. The van der Waals surface area contributed by atoms with Crippen molar-refractivity contribution in [3.63, 3.8) is 0 Å². The summed E-state index contributed by atoms with van der Waals surface area (Å²) in [5, 5.41) is 0. The second kappa shape index (κ2) is 5.73. The summed E-state index contributed by atoms with van der Waals surface area (Å²) in [5.74, 6) is 0.676. The molecule has 0 spiro atoms. The van der Waals surface area contributed by atoms with Crippen LogP contribution in [0.2, 0.25) is 0 Å². The monoisotopic (exact) mass is 307 g/mol. The molecule has 1 aromatic rings. The lowest BCUT2D eigenvalue weighted by Gasteiger charge is -2.44. The molecule has 1 saturated heterocycles. The molecule has 0 radical (unpaired) electrons. The van der Waals surface area contributed by atoms with Crippen molar-refractivity contribution in [1.29, 1.82) is 0 Å². The van der Waals surface area contributed by atoms with Crippen LogP contribution in [0.3, 0.4) is 0 Å². The molecular weight excluding hydrogens is 282 g/mol. The molecule has 1 heterocycles. The Kier molecular flexibility index (Phi) is 4.10. The van der Waals surface area contributed by atoms with Gasteiger partial charge >= 0.3 is 0 Å². The summed E-state index contributed by atoms with van der Waals surface area (Å²) in [4.78, 5) is 2.33. The van der Waals surface area contributed by atoms with Crippen LogP contribution in [0.15, 0.2) is 24.3 Å². The van der Waals surface area contributed by atoms with Gasteiger partial charge in [-0.3, -0.25) is 0 Å². The van der Waals surface area contributed by atoms with E-state index in [4.69, 9.17) is 0 Å². The Hall–Kier alpha value is -0.870. The molecule has 21 heavy (non-hydrogen) atoms. The molecule has 1 aliphatic heterocycles. The molecule has 0 amide bonds. The fraction of sp³-hybridized carbons (Fsp3) is 0.647. The Morgan fingerprint density at radius 2 is 1.71 bits per heavy atom. The van der Waals surface area contributed by atoms with Gasteiger partial charge in [-0.15, -0.1) is 0 Å². The van der Waals surface area contributed by atoms with Gasteiger partial charge in [-0.25, -0.2) is 8.42 Å². The summed E-state index contributed by atoms with van der Waals surface area (Å²) in [6.45, 7) is 4.59. The van der Waals surface area contributed by atoms with E-state index in [1.54, 1.807) is 0 Å². The van der Waals surface area contributed by atoms with Gasteiger partial charge in [0.1, 0.15) is 0 Å². The lowest BCUT2D eigenvalue weighted by Crippen LogP contribution is -2.44. The van der Waals surface area contributed by atoms with Gasteiger partial charge in [-0.2, -0.15) is 0 Å². The van der Waals surface area contributed by atoms with Crippen molar-refractivity contribution in [1.82, 2.24) is 4.90 Å². The third-order valence-corrected chi connectivity index (χ3v) is 6.93. The van der Waals surface area contributed by atoms with Gasteiger partial charge in [0.15, 0.2) is 9.84 Å². The normalized spacial score (nSPS) is 24.4. The van der Waals surface area contributed by atoms with Crippen LogP contribution in [0.25, 0.3) is 0 Å². The molecule has 2 fully saturated rings. The lowest BCUT2D eigenvalue weighted by atomic mass is 9.62. The summed E-state index contributed by atoms with van der Waals surface area (Å²) >= 11 is 0. The predicted octanol–water partition coefficient (Wildman–Crippen LogP) is 2.54. The number of aryl methyl sites for hydroxylation is 1. The summed E-state index contributed by atoms with van der Waals surface area (Å²) in [7, 11) is -2.76. The van der Waals surface area contributed by atoms with E-state index in [2.05, 4.69) is 36.1 Å². The topological polar surface area (TPSA) is 37.4 Å². The molecule has 1 saturated carbocycles. The zero-order chi connectivity index (χ0) is 14.9. The van der Waals surface area contributed by atoms with Crippen LogP contribution in [0.5, 0.6) is 0 Å². The molecule has 4 heteroatoms. The van der Waals surface area contributed by atoms with Gasteiger partial charge in [-0.1, -0.05) is 36.2 Å². The first-order chi connectivity index (χ1) is 9.99. The summed E-state index contributed by atoms with van der Waals surface area (Å²) in [6.07, 6.45) is 5.04. The van der Waals surface area contributed by atoms with Crippen molar-refractivity contribution >= 4 is 9.84 Å². The highest BCUT2D eigenvalue weighted by molar-refractivity contribution is 7.91. The maximum Gasteiger partial charge on any atom is 0.152 e. The molecule has 0 unspecified atom stereocenters. The number of hydrogen-bond acceptors (Lipinski definition) is 3. The van der Waals surface area contributed by atoms with Crippen molar-refractivity contribution in [2.24, 2.45) is 0 Å². The van der Waals surface area contributed by atoms with E-state index >= 15 is 0 Å². The minimum absolute atomic E-state index is 0.338. The Balaban J connectivity index is 1.61. The van der Waals surface area contributed by atoms with Crippen LogP contribution in [-0.4, -0.2) is 44.5 Å². The van der Waals surface area contributed by atoms with Gasteiger partial charge in [0.25, 0.3) is 0 Å². The van der Waals surface area contributed by atoms with E-state index in [1.807, 2.05) is 0 Å². The lowest BCUT2D eigenvalue weighted by molar-refractivity contribution is 0.182. The fourth-order valence-corrected chi connectivity index (χ4v) is 4.82. The molecule has 3 rings (SSSR count). The average Bonchev–Trinajstić information content (AvgIpc) is 2.41. The largest absolute Gasteiger partial charge is 0.301 e. The molecule has 0 atom stereocenters. The maximum absolute atomic E-state index is 11.5. The van der Waals surface area contributed by atoms with Gasteiger partial charge in [0.05, 0.1) is 11.5 Å². The SMILES string of the molecule is Cc1ccc(C2(CCN3CCS(=O)(=O)CC3)CCC2)cc1. The zero-order valence-corrected chi connectivity index (χ0v) is 13.7. The Labute approximate surface area is 128 Å². The van der Waals surface area contributed by atoms with E-state index in [0.717, 1.165) is 13.0 Å². The smallest absolute Gasteiger partial charge is 0.152 e. The highest BCUT2D eigenvalue weighted by Crippen LogP contribution is 2.46. The van der Waals surface area contributed by atoms with Crippen LogP contribution >= 0.6 is 0 Å². The third-order valence-electron chi connectivity index (χ3n) is 5.32. The van der Waals surface area contributed by atoms with E-state index in [0.29, 0.717) is 30.0 Å².